The third kappa shape index (κ3) is 4.09. The maximum Gasteiger partial charge on any atom is 0.266 e. The van der Waals surface area contributed by atoms with Crippen LogP contribution < -0.4 is 10.3 Å². The smallest absolute Gasteiger partial charge is 0.266 e. The van der Waals surface area contributed by atoms with Crippen LogP contribution in [0.15, 0.2) is 51.7 Å². The molecular weight excluding hydrogens is 420 g/mol. The van der Waals surface area contributed by atoms with E-state index in [2.05, 4.69) is 20.9 Å². The van der Waals surface area contributed by atoms with Crippen molar-refractivity contribution in [1.29, 1.82) is 0 Å². The van der Waals surface area contributed by atoms with Gasteiger partial charge in [-0.3, -0.25) is 4.79 Å². The second-order valence-electron chi connectivity index (χ2n) is 5.98. The van der Waals surface area contributed by atoms with E-state index < -0.39 is 11.6 Å². The lowest BCUT2D eigenvalue weighted by Gasteiger charge is -2.16. The fourth-order valence-corrected chi connectivity index (χ4v) is 3.18. The van der Waals surface area contributed by atoms with Crippen LogP contribution in [0.1, 0.15) is 16.8 Å². The molecule has 1 aromatic heterocycles. The molecule has 3 aromatic rings. The molecule has 0 saturated carbocycles. The molecular formula is C20H16BrF2NO3. The van der Waals surface area contributed by atoms with Gasteiger partial charge in [-0.25, -0.2) is 8.78 Å². The van der Waals surface area contributed by atoms with Crippen molar-refractivity contribution in [3.05, 3.63) is 85.7 Å². The number of hydrogen-bond acceptors (Lipinski definition) is 3. The number of ether oxygens (including phenoxy) is 1. The summed E-state index contributed by atoms with van der Waals surface area (Å²) >= 11 is 3.23. The van der Waals surface area contributed by atoms with E-state index in [1.807, 2.05) is 6.07 Å². The predicted octanol–water partition coefficient (Wildman–Crippen LogP) is 4.46. The van der Waals surface area contributed by atoms with Crippen LogP contribution in [-0.4, -0.2) is 10.1 Å². The zero-order valence-electron chi connectivity index (χ0n) is 14.4. The molecule has 4 nitrogen and oxygen atoms in total. The molecule has 0 spiro atoms. The van der Waals surface area contributed by atoms with E-state index in [0.717, 1.165) is 17.7 Å². The van der Waals surface area contributed by atoms with E-state index in [1.54, 1.807) is 25.1 Å². The first-order valence-electron chi connectivity index (χ1n) is 8.10. The number of halogens is 3. The van der Waals surface area contributed by atoms with Crippen LogP contribution in [0.2, 0.25) is 0 Å². The normalized spacial score (nSPS) is 10.9. The SMILES string of the molecule is Cc1[nH]c(=O)c(Br)c(OCc2ccc(F)cc2F)c1-c1cccc(CO)c1. The molecule has 1 heterocycles. The van der Waals surface area contributed by atoms with Gasteiger partial charge < -0.3 is 14.8 Å². The largest absolute Gasteiger partial charge is 0.487 e. The standard InChI is InChI=1S/C20H16BrF2NO3/c1-11-17(13-4-2-3-12(7-13)9-25)19(18(21)20(26)24-11)27-10-14-5-6-15(22)8-16(14)23/h2-8,25H,9-10H2,1H3,(H,24,26). The molecule has 0 atom stereocenters. The second-order valence-corrected chi connectivity index (χ2v) is 6.77. The molecule has 27 heavy (non-hydrogen) atoms. The Morgan fingerprint density at radius 2 is 1.96 bits per heavy atom. The first kappa shape index (κ1) is 19.3. The minimum atomic E-state index is -0.725. The summed E-state index contributed by atoms with van der Waals surface area (Å²) in [6.07, 6.45) is 0. The Labute approximate surface area is 162 Å². The Morgan fingerprint density at radius 1 is 1.19 bits per heavy atom. The van der Waals surface area contributed by atoms with Gasteiger partial charge in [0.15, 0.2) is 0 Å². The predicted molar refractivity (Wildman–Crippen MR) is 102 cm³/mol. The Kier molecular flexibility index (Phi) is 5.72. The zero-order valence-corrected chi connectivity index (χ0v) is 15.9. The Balaban J connectivity index is 2.06. The molecule has 2 N–H and O–H groups in total. The second kappa shape index (κ2) is 8.02. The highest BCUT2D eigenvalue weighted by atomic mass is 79.9. The number of nitrogens with one attached hydrogen (secondary N) is 1. The molecule has 0 saturated heterocycles. The highest BCUT2D eigenvalue weighted by Gasteiger charge is 2.18. The van der Waals surface area contributed by atoms with E-state index in [4.69, 9.17) is 4.74 Å². The number of pyridine rings is 1. The number of aromatic amines is 1. The van der Waals surface area contributed by atoms with E-state index in [0.29, 0.717) is 16.8 Å². The highest BCUT2D eigenvalue weighted by molar-refractivity contribution is 9.10. The average Bonchev–Trinajstić information content (AvgIpc) is 2.64. The monoisotopic (exact) mass is 435 g/mol. The Hall–Kier alpha value is -2.51. The van der Waals surface area contributed by atoms with Gasteiger partial charge in [-0.1, -0.05) is 18.2 Å². The summed E-state index contributed by atoms with van der Waals surface area (Å²) in [7, 11) is 0. The Bertz CT molecular complexity index is 1050. The van der Waals surface area contributed by atoms with E-state index in [-0.39, 0.29) is 34.6 Å². The summed E-state index contributed by atoms with van der Waals surface area (Å²) in [4.78, 5) is 14.9. The van der Waals surface area contributed by atoms with Crippen LogP contribution in [0.3, 0.4) is 0 Å². The number of hydrogen-bond donors (Lipinski definition) is 2. The van der Waals surface area contributed by atoms with Gasteiger partial charge in [0.2, 0.25) is 0 Å². The van der Waals surface area contributed by atoms with Crippen LogP contribution in [0.5, 0.6) is 5.75 Å². The number of aryl methyl sites for hydroxylation is 1. The highest BCUT2D eigenvalue weighted by Crippen LogP contribution is 2.37. The van der Waals surface area contributed by atoms with E-state index >= 15 is 0 Å². The summed E-state index contributed by atoms with van der Waals surface area (Å²) in [5.74, 6) is -1.16. The van der Waals surface area contributed by atoms with Crippen molar-refractivity contribution in [2.24, 2.45) is 0 Å². The summed E-state index contributed by atoms with van der Waals surface area (Å²) in [5.41, 5.74) is 2.38. The molecule has 3 rings (SSSR count). The van der Waals surface area contributed by atoms with Gasteiger partial charge in [0.05, 0.1) is 6.61 Å². The van der Waals surface area contributed by atoms with Gasteiger partial charge in [0, 0.05) is 22.9 Å². The summed E-state index contributed by atoms with van der Waals surface area (Å²) in [6.45, 7) is 1.41. The third-order valence-corrected chi connectivity index (χ3v) is 4.81. The molecule has 0 unspecified atom stereocenters. The van der Waals surface area contributed by atoms with Crippen molar-refractivity contribution >= 4 is 15.9 Å². The van der Waals surface area contributed by atoms with Crippen LogP contribution >= 0.6 is 15.9 Å². The number of rotatable bonds is 5. The van der Waals surface area contributed by atoms with Crippen LogP contribution in [0.25, 0.3) is 11.1 Å². The van der Waals surface area contributed by atoms with Crippen LogP contribution in [0, 0.1) is 18.6 Å². The number of aliphatic hydroxyl groups is 1. The average molecular weight is 436 g/mol. The van der Waals surface area contributed by atoms with Gasteiger partial charge in [0.1, 0.15) is 28.5 Å². The summed E-state index contributed by atoms with van der Waals surface area (Å²) in [5, 5.41) is 9.38. The van der Waals surface area contributed by atoms with E-state index in [9.17, 15) is 18.7 Å². The van der Waals surface area contributed by atoms with Crippen molar-refractivity contribution in [2.75, 3.05) is 0 Å². The number of aliphatic hydroxyl groups excluding tert-OH is 1. The summed E-state index contributed by atoms with van der Waals surface area (Å²) in [6, 6.07) is 10.4. The van der Waals surface area contributed by atoms with Crippen molar-refractivity contribution in [1.82, 2.24) is 4.98 Å². The lowest BCUT2D eigenvalue weighted by molar-refractivity contribution is 0.282. The first-order chi connectivity index (χ1) is 12.9. The number of H-pyrrole nitrogens is 1. The fraction of sp³-hybridized carbons (Fsp3) is 0.150. The Morgan fingerprint density at radius 3 is 2.67 bits per heavy atom. The molecule has 140 valence electrons. The van der Waals surface area contributed by atoms with Crippen LogP contribution in [0.4, 0.5) is 8.78 Å². The third-order valence-electron chi connectivity index (χ3n) is 4.09. The molecule has 0 aliphatic carbocycles. The zero-order chi connectivity index (χ0) is 19.6. The molecule has 0 aliphatic rings. The lowest BCUT2D eigenvalue weighted by atomic mass is 10.0. The van der Waals surface area contributed by atoms with Crippen molar-refractivity contribution in [2.45, 2.75) is 20.1 Å². The van der Waals surface area contributed by atoms with Crippen molar-refractivity contribution < 1.29 is 18.6 Å². The maximum absolute atomic E-state index is 13.9. The minimum absolute atomic E-state index is 0.131. The quantitative estimate of drug-likeness (QED) is 0.621. The number of aromatic nitrogens is 1. The van der Waals surface area contributed by atoms with Gasteiger partial charge in [0.25, 0.3) is 5.56 Å². The molecule has 2 aromatic carbocycles. The topological polar surface area (TPSA) is 62.3 Å². The maximum atomic E-state index is 13.9. The van der Waals surface area contributed by atoms with Crippen LogP contribution in [-0.2, 0) is 13.2 Å². The van der Waals surface area contributed by atoms with Crippen molar-refractivity contribution in [3.63, 3.8) is 0 Å². The minimum Gasteiger partial charge on any atom is -0.487 e. The molecule has 0 radical (unpaired) electrons. The van der Waals surface area contributed by atoms with Crippen molar-refractivity contribution in [3.8, 4) is 16.9 Å². The molecule has 0 bridgehead atoms. The van der Waals surface area contributed by atoms with Gasteiger partial charge >= 0.3 is 0 Å². The molecule has 0 amide bonds. The first-order valence-corrected chi connectivity index (χ1v) is 8.89. The molecule has 7 heteroatoms. The fourth-order valence-electron chi connectivity index (χ4n) is 2.77. The van der Waals surface area contributed by atoms with Gasteiger partial charge in [-0.2, -0.15) is 0 Å². The van der Waals surface area contributed by atoms with Gasteiger partial charge in [-0.15, -0.1) is 0 Å². The molecule has 0 aliphatic heterocycles. The van der Waals surface area contributed by atoms with Gasteiger partial charge in [-0.05, 0) is 52.2 Å². The summed E-state index contributed by atoms with van der Waals surface area (Å²) < 4.78 is 32.9. The lowest BCUT2D eigenvalue weighted by Crippen LogP contribution is -2.13. The number of benzene rings is 2. The van der Waals surface area contributed by atoms with E-state index in [1.165, 1.54) is 6.07 Å². The molecule has 0 fully saturated rings.